The molecule has 2 aromatic heterocycles. The van der Waals surface area contributed by atoms with Crippen molar-refractivity contribution in [1.29, 1.82) is 0 Å². The predicted molar refractivity (Wildman–Crippen MR) is 90.6 cm³/mol. The van der Waals surface area contributed by atoms with Crippen molar-refractivity contribution in [3.63, 3.8) is 0 Å². The van der Waals surface area contributed by atoms with E-state index in [0.717, 1.165) is 0 Å². The number of pyridine rings is 1. The van der Waals surface area contributed by atoms with E-state index in [1.807, 2.05) is 54.4 Å². The molecule has 3 rings (SSSR count). The maximum Gasteiger partial charge on any atom is 0.351 e. The number of hydrogen-bond acceptors (Lipinski definition) is 5. The number of aromatic nitrogens is 3. The normalized spacial score (nSPS) is 11.1. The molecule has 0 saturated heterocycles. The van der Waals surface area contributed by atoms with Gasteiger partial charge in [0.1, 0.15) is 6.61 Å². The molecule has 0 aliphatic carbocycles. The van der Waals surface area contributed by atoms with E-state index in [2.05, 4.69) is 5.10 Å². The zero-order valence-corrected chi connectivity index (χ0v) is 13.8. The molecule has 0 aliphatic rings. The molecule has 1 aromatic carbocycles. The Kier molecular flexibility index (Phi) is 4.81. The Morgan fingerprint density at radius 3 is 2.62 bits per heavy atom. The topological polar surface area (TPSA) is 61.0 Å². The summed E-state index contributed by atoms with van der Waals surface area (Å²) in [5, 5.41) is 4.31. The summed E-state index contributed by atoms with van der Waals surface area (Å²) in [7, 11) is 3.53. The summed E-state index contributed by atoms with van der Waals surface area (Å²) in [6, 6.07) is 13.0. The van der Waals surface area contributed by atoms with Gasteiger partial charge in [0.15, 0.2) is 17.1 Å². The highest BCUT2D eigenvalue weighted by molar-refractivity contribution is 5.39. The highest BCUT2D eigenvalue weighted by atomic mass is 16.5. The van der Waals surface area contributed by atoms with Gasteiger partial charge in [-0.3, -0.25) is 9.30 Å². The second-order valence-corrected chi connectivity index (χ2v) is 5.43. The van der Waals surface area contributed by atoms with Gasteiger partial charge in [0.2, 0.25) is 0 Å². The quantitative estimate of drug-likeness (QED) is 0.657. The summed E-state index contributed by atoms with van der Waals surface area (Å²) in [5.41, 5.74) is 0.490. The van der Waals surface area contributed by atoms with Crippen LogP contribution in [0.5, 0.6) is 11.5 Å². The number of para-hydroxylation sites is 2. The molecule has 7 nitrogen and oxygen atoms in total. The minimum Gasteiger partial charge on any atom is -0.493 e. The summed E-state index contributed by atoms with van der Waals surface area (Å²) >= 11 is 0. The summed E-state index contributed by atoms with van der Waals surface area (Å²) in [5.74, 6) is 1.41. The largest absolute Gasteiger partial charge is 0.493 e. The smallest absolute Gasteiger partial charge is 0.351 e. The van der Waals surface area contributed by atoms with E-state index < -0.39 is 0 Å². The van der Waals surface area contributed by atoms with Crippen LogP contribution in [0.15, 0.2) is 53.5 Å². The SMILES string of the molecule is COc1ccccc1OCCN(C)Cn1nc2ccccn2c1=O. The lowest BCUT2D eigenvalue weighted by molar-refractivity contribution is 0.193. The molecule has 24 heavy (non-hydrogen) atoms. The number of rotatable bonds is 7. The maximum absolute atomic E-state index is 12.2. The molecule has 0 bridgehead atoms. The van der Waals surface area contributed by atoms with Gasteiger partial charge in [-0.1, -0.05) is 18.2 Å². The fourth-order valence-corrected chi connectivity index (χ4v) is 2.41. The van der Waals surface area contributed by atoms with Crippen molar-refractivity contribution in [1.82, 2.24) is 19.1 Å². The molecule has 0 unspecified atom stereocenters. The second kappa shape index (κ2) is 7.18. The molecule has 0 radical (unpaired) electrons. The standard InChI is InChI=1S/C17H20N4O3/c1-19(11-12-24-15-8-4-3-7-14(15)23-2)13-21-17(22)20-10-6-5-9-16(20)18-21/h3-10H,11-13H2,1-2H3. The third kappa shape index (κ3) is 3.41. The van der Waals surface area contributed by atoms with Crippen molar-refractivity contribution >= 4 is 5.65 Å². The molecule has 0 amide bonds. The zero-order valence-electron chi connectivity index (χ0n) is 13.8. The van der Waals surface area contributed by atoms with Gasteiger partial charge < -0.3 is 9.47 Å². The van der Waals surface area contributed by atoms with Crippen molar-refractivity contribution < 1.29 is 9.47 Å². The van der Waals surface area contributed by atoms with Crippen LogP contribution in [-0.2, 0) is 6.67 Å². The lowest BCUT2D eigenvalue weighted by Crippen LogP contribution is -2.32. The first-order chi connectivity index (χ1) is 11.7. The fraction of sp³-hybridized carbons (Fsp3) is 0.294. The van der Waals surface area contributed by atoms with Crippen LogP contribution >= 0.6 is 0 Å². The first-order valence-electron chi connectivity index (χ1n) is 7.67. The molecule has 0 aliphatic heterocycles. The third-order valence-corrected chi connectivity index (χ3v) is 3.66. The molecule has 126 valence electrons. The van der Waals surface area contributed by atoms with Gasteiger partial charge in [-0.25, -0.2) is 4.79 Å². The highest BCUT2D eigenvalue weighted by Crippen LogP contribution is 2.25. The van der Waals surface area contributed by atoms with E-state index in [1.54, 1.807) is 13.3 Å². The Bertz CT molecular complexity index is 871. The Hall–Kier alpha value is -2.80. The molecule has 0 saturated carbocycles. The molecule has 0 fully saturated rings. The third-order valence-electron chi connectivity index (χ3n) is 3.66. The van der Waals surface area contributed by atoms with Crippen molar-refractivity contribution in [3.8, 4) is 11.5 Å². The molecule has 0 spiro atoms. The van der Waals surface area contributed by atoms with Gasteiger partial charge in [-0.05, 0) is 31.3 Å². The average molecular weight is 328 g/mol. The molecular weight excluding hydrogens is 308 g/mol. The Labute approximate surface area is 139 Å². The number of benzene rings is 1. The Balaban J connectivity index is 1.58. The van der Waals surface area contributed by atoms with Crippen molar-refractivity contribution in [2.24, 2.45) is 0 Å². The summed E-state index contributed by atoms with van der Waals surface area (Å²) in [6.07, 6.45) is 1.71. The highest BCUT2D eigenvalue weighted by Gasteiger charge is 2.09. The Morgan fingerprint density at radius 1 is 1.12 bits per heavy atom. The van der Waals surface area contributed by atoms with Crippen LogP contribution < -0.4 is 15.2 Å². The number of ether oxygens (including phenoxy) is 2. The van der Waals surface area contributed by atoms with E-state index in [-0.39, 0.29) is 5.69 Å². The Morgan fingerprint density at radius 2 is 1.88 bits per heavy atom. The molecule has 3 aromatic rings. The van der Waals surface area contributed by atoms with Gasteiger partial charge in [-0.2, -0.15) is 4.68 Å². The second-order valence-electron chi connectivity index (χ2n) is 5.43. The maximum atomic E-state index is 12.2. The van der Waals surface area contributed by atoms with E-state index in [4.69, 9.17) is 9.47 Å². The van der Waals surface area contributed by atoms with Crippen molar-refractivity contribution in [3.05, 3.63) is 59.1 Å². The summed E-state index contributed by atoms with van der Waals surface area (Å²) in [6.45, 7) is 1.53. The minimum absolute atomic E-state index is 0.150. The van der Waals surface area contributed by atoms with Crippen LogP contribution in [0.25, 0.3) is 5.65 Å². The summed E-state index contributed by atoms with van der Waals surface area (Å²) in [4.78, 5) is 14.2. The van der Waals surface area contributed by atoms with Crippen LogP contribution in [0.4, 0.5) is 0 Å². The van der Waals surface area contributed by atoms with Crippen LogP contribution in [0, 0.1) is 0 Å². The monoisotopic (exact) mass is 328 g/mol. The van der Waals surface area contributed by atoms with Gasteiger partial charge in [0.25, 0.3) is 0 Å². The predicted octanol–water partition coefficient (Wildman–Crippen LogP) is 1.47. The van der Waals surface area contributed by atoms with Crippen LogP contribution in [0.1, 0.15) is 0 Å². The lowest BCUT2D eigenvalue weighted by Gasteiger charge is -2.17. The van der Waals surface area contributed by atoms with Gasteiger partial charge >= 0.3 is 5.69 Å². The van der Waals surface area contributed by atoms with E-state index in [0.29, 0.717) is 37.0 Å². The van der Waals surface area contributed by atoms with Crippen molar-refractivity contribution in [2.45, 2.75) is 6.67 Å². The minimum atomic E-state index is -0.150. The average Bonchev–Trinajstić information content (AvgIpc) is 2.91. The number of nitrogens with zero attached hydrogens (tertiary/aromatic N) is 4. The van der Waals surface area contributed by atoms with Crippen LogP contribution in [-0.4, -0.2) is 46.4 Å². The zero-order chi connectivity index (χ0) is 16.9. The first-order valence-corrected chi connectivity index (χ1v) is 7.67. The fourth-order valence-electron chi connectivity index (χ4n) is 2.41. The number of fused-ring (bicyclic) bond motifs is 1. The molecule has 0 atom stereocenters. The number of likely N-dealkylation sites (N-methyl/N-ethyl adjacent to an activating group) is 1. The van der Waals surface area contributed by atoms with Gasteiger partial charge in [0.05, 0.1) is 13.8 Å². The molecule has 2 heterocycles. The van der Waals surface area contributed by atoms with Gasteiger partial charge in [-0.15, -0.1) is 5.10 Å². The van der Waals surface area contributed by atoms with Gasteiger partial charge in [0, 0.05) is 12.7 Å². The number of methoxy groups -OCH3 is 1. The number of hydrogen-bond donors (Lipinski definition) is 0. The van der Waals surface area contributed by atoms with E-state index in [9.17, 15) is 4.79 Å². The molecule has 0 N–H and O–H groups in total. The molecular formula is C17H20N4O3. The molecule has 7 heteroatoms. The van der Waals surface area contributed by atoms with Crippen LogP contribution in [0.3, 0.4) is 0 Å². The van der Waals surface area contributed by atoms with E-state index in [1.165, 1.54) is 9.08 Å². The first kappa shape index (κ1) is 16.1. The van der Waals surface area contributed by atoms with Crippen LogP contribution in [0.2, 0.25) is 0 Å². The summed E-state index contributed by atoms with van der Waals surface area (Å²) < 4.78 is 14.0. The van der Waals surface area contributed by atoms with Crippen molar-refractivity contribution in [2.75, 3.05) is 27.3 Å². The van der Waals surface area contributed by atoms with E-state index >= 15 is 0 Å². The lowest BCUT2D eigenvalue weighted by atomic mass is 10.3.